The van der Waals surface area contributed by atoms with Crippen LogP contribution in [0.4, 0.5) is 9.52 Å². The summed E-state index contributed by atoms with van der Waals surface area (Å²) in [6.07, 6.45) is 0.935. The summed E-state index contributed by atoms with van der Waals surface area (Å²) in [7, 11) is -3.99. The maximum absolute atomic E-state index is 14.0. The van der Waals surface area contributed by atoms with Crippen LogP contribution in [0.25, 0.3) is 10.2 Å². The second-order valence-corrected chi connectivity index (χ2v) is 12.0. The number of fused-ring (bicyclic) bond motifs is 1. The first-order chi connectivity index (χ1) is 17.3. The van der Waals surface area contributed by atoms with E-state index in [9.17, 15) is 17.6 Å². The Hall–Kier alpha value is -2.85. The SMILES string of the molecule is Cc1c(Cl)ccc2sc(N(Cc3ccccc3)C(=O)C3CCCN3S(=O)(=O)c3ccc(F)cc3)nc12. The Morgan fingerprint density at radius 2 is 1.86 bits per heavy atom. The van der Waals surface area contributed by atoms with Crippen LogP contribution in [-0.4, -0.2) is 36.2 Å². The van der Waals surface area contributed by atoms with E-state index in [2.05, 4.69) is 0 Å². The van der Waals surface area contributed by atoms with Crippen LogP contribution >= 0.6 is 22.9 Å². The third kappa shape index (κ3) is 4.64. The molecule has 3 aromatic carbocycles. The highest BCUT2D eigenvalue weighted by Gasteiger charge is 2.42. The van der Waals surface area contributed by atoms with Gasteiger partial charge in [0.05, 0.1) is 21.7 Å². The monoisotopic (exact) mass is 543 g/mol. The molecule has 5 rings (SSSR count). The molecule has 0 radical (unpaired) electrons. The predicted molar refractivity (Wildman–Crippen MR) is 140 cm³/mol. The quantitative estimate of drug-likeness (QED) is 0.309. The summed E-state index contributed by atoms with van der Waals surface area (Å²) < 4.78 is 42.3. The van der Waals surface area contributed by atoms with E-state index in [-0.39, 0.29) is 23.9 Å². The van der Waals surface area contributed by atoms with Gasteiger partial charge in [0.15, 0.2) is 5.13 Å². The van der Waals surface area contributed by atoms with Crippen molar-refractivity contribution in [2.75, 3.05) is 11.4 Å². The minimum atomic E-state index is -3.99. The molecule has 1 amide bonds. The molecule has 1 fully saturated rings. The van der Waals surface area contributed by atoms with E-state index < -0.39 is 21.9 Å². The van der Waals surface area contributed by atoms with Crippen molar-refractivity contribution in [3.63, 3.8) is 0 Å². The molecule has 10 heteroatoms. The van der Waals surface area contributed by atoms with Crippen molar-refractivity contribution >= 4 is 54.2 Å². The Morgan fingerprint density at radius 1 is 1.14 bits per heavy atom. The largest absolute Gasteiger partial charge is 0.282 e. The number of carbonyl (C=O) groups is 1. The number of carbonyl (C=O) groups excluding carboxylic acids is 1. The van der Waals surface area contributed by atoms with Crippen molar-refractivity contribution in [1.82, 2.24) is 9.29 Å². The first-order valence-electron chi connectivity index (χ1n) is 11.4. The van der Waals surface area contributed by atoms with E-state index in [1.165, 1.54) is 27.8 Å². The van der Waals surface area contributed by atoms with Crippen LogP contribution in [0.5, 0.6) is 0 Å². The maximum atomic E-state index is 14.0. The summed E-state index contributed by atoms with van der Waals surface area (Å²) in [6, 6.07) is 17.0. The van der Waals surface area contributed by atoms with E-state index in [0.29, 0.717) is 23.0 Å². The van der Waals surface area contributed by atoms with E-state index in [1.54, 1.807) is 11.0 Å². The zero-order chi connectivity index (χ0) is 25.4. The summed E-state index contributed by atoms with van der Waals surface area (Å²) in [5, 5.41) is 1.07. The maximum Gasteiger partial charge on any atom is 0.247 e. The number of aromatic nitrogens is 1. The number of halogens is 2. The van der Waals surface area contributed by atoms with Gasteiger partial charge in [0.1, 0.15) is 11.9 Å². The van der Waals surface area contributed by atoms with Crippen LogP contribution in [0.1, 0.15) is 24.0 Å². The van der Waals surface area contributed by atoms with Gasteiger partial charge in [-0.2, -0.15) is 4.31 Å². The van der Waals surface area contributed by atoms with Crippen LogP contribution in [0, 0.1) is 12.7 Å². The Labute approximate surface area is 218 Å². The lowest BCUT2D eigenvalue weighted by molar-refractivity contribution is -0.121. The minimum absolute atomic E-state index is 0.0385. The molecule has 6 nitrogen and oxygen atoms in total. The molecular formula is C26H23ClFN3O3S2. The van der Waals surface area contributed by atoms with Crippen molar-refractivity contribution in [2.24, 2.45) is 0 Å². The normalized spacial score (nSPS) is 16.5. The Balaban J connectivity index is 1.54. The number of sulfonamides is 1. The Kier molecular flexibility index (Phi) is 6.82. The molecule has 4 aromatic rings. The molecule has 1 saturated heterocycles. The molecule has 2 heterocycles. The highest BCUT2D eigenvalue weighted by molar-refractivity contribution is 7.89. The minimum Gasteiger partial charge on any atom is -0.282 e. The average molecular weight is 544 g/mol. The summed E-state index contributed by atoms with van der Waals surface area (Å²) in [5.41, 5.74) is 2.44. The Morgan fingerprint density at radius 3 is 2.58 bits per heavy atom. The molecule has 36 heavy (non-hydrogen) atoms. The Bertz CT molecular complexity index is 1530. The third-order valence-corrected chi connectivity index (χ3v) is 9.70. The fourth-order valence-corrected chi connectivity index (χ4v) is 7.24. The van der Waals surface area contributed by atoms with Crippen LogP contribution in [0.3, 0.4) is 0 Å². The molecule has 0 saturated carbocycles. The van der Waals surface area contributed by atoms with Gasteiger partial charge in [-0.05, 0) is 67.3 Å². The molecule has 0 spiro atoms. The zero-order valence-electron chi connectivity index (χ0n) is 19.4. The molecule has 1 unspecified atom stereocenters. The lowest BCUT2D eigenvalue weighted by Crippen LogP contribution is -2.47. The number of thiazole rings is 1. The van der Waals surface area contributed by atoms with E-state index in [0.717, 1.165) is 33.5 Å². The van der Waals surface area contributed by atoms with Gasteiger partial charge in [0.25, 0.3) is 0 Å². The topological polar surface area (TPSA) is 70.6 Å². The first-order valence-corrected chi connectivity index (χ1v) is 14.1. The number of hydrogen-bond donors (Lipinski definition) is 0. The van der Waals surface area contributed by atoms with Gasteiger partial charge in [-0.3, -0.25) is 9.69 Å². The number of nitrogens with zero attached hydrogens (tertiary/aromatic N) is 3. The summed E-state index contributed by atoms with van der Waals surface area (Å²) >= 11 is 7.66. The fraction of sp³-hybridized carbons (Fsp3) is 0.231. The number of hydrogen-bond acceptors (Lipinski definition) is 5. The molecule has 1 aromatic heterocycles. The van der Waals surface area contributed by atoms with Gasteiger partial charge in [0, 0.05) is 11.6 Å². The molecule has 1 atom stereocenters. The van der Waals surface area contributed by atoms with Gasteiger partial charge < -0.3 is 0 Å². The fourth-order valence-electron chi connectivity index (χ4n) is 4.41. The average Bonchev–Trinajstić information content (AvgIpc) is 3.54. The molecule has 0 N–H and O–H groups in total. The zero-order valence-corrected chi connectivity index (χ0v) is 21.8. The molecule has 1 aliphatic rings. The standard InChI is InChI=1S/C26H23ClFN3O3S2/c1-17-21(27)13-14-23-24(17)29-26(35-23)30(16-18-6-3-2-4-7-18)25(32)22-8-5-15-31(22)36(33,34)20-11-9-19(28)10-12-20/h2-4,6-7,9-14,22H,5,8,15-16H2,1H3. The lowest BCUT2D eigenvalue weighted by atomic mass is 10.1. The van der Waals surface area contributed by atoms with Crippen molar-refractivity contribution < 1.29 is 17.6 Å². The number of aryl methyl sites for hydroxylation is 1. The van der Waals surface area contributed by atoms with Crippen LogP contribution in [0.15, 0.2) is 71.6 Å². The summed E-state index contributed by atoms with van der Waals surface area (Å²) in [6.45, 7) is 2.34. The molecule has 0 bridgehead atoms. The van der Waals surface area contributed by atoms with Crippen molar-refractivity contribution in [2.45, 2.75) is 37.2 Å². The van der Waals surface area contributed by atoms with Gasteiger partial charge in [0.2, 0.25) is 15.9 Å². The van der Waals surface area contributed by atoms with Gasteiger partial charge >= 0.3 is 0 Å². The van der Waals surface area contributed by atoms with Crippen molar-refractivity contribution in [1.29, 1.82) is 0 Å². The second-order valence-electron chi connectivity index (χ2n) is 8.65. The van der Waals surface area contributed by atoms with Crippen LogP contribution in [-0.2, 0) is 21.4 Å². The highest BCUT2D eigenvalue weighted by atomic mass is 35.5. The number of amides is 1. The smallest absolute Gasteiger partial charge is 0.247 e. The number of rotatable bonds is 6. The molecule has 0 aliphatic carbocycles. The highest BCUT2D eigenvalue weighted by Crippen LogP contribution is 2.36. The van der Waals surface area contributed by atoms with Crippen LogP contribution < -0.4 is 4.90 Å². The summed E-state index contributed by atoms with van der Waals surface area (Å²) in [5.74, 6) is -0.867. The van der Waals surface area contributed by atoms with E-state index in [4.69, 9.17) is 16.6 Å². The van der Waals surface area contributed by atoms with E-state index in [1.807, 2.05) is 43.3 Å². The molecule has 186 valence electrons. The van der Waals surface area contributed by atoms with Gasteiger partial charge in [-0.25, -0.2) is 17.8 Å². The van der Waals surface area contributed by atoms with Gasteiger partial charge in [-0.1, -0.05) is 53.3 Å². The molecule has 1 aliphatic heterocycles. The summed E-state index contributed by atoms with van der Waals surface area (Å²) in [4.78, 5) is 20.3. The number of benzene rings is 3. The number of anilines is 1. The van der Waals surface area contributed by atoms with Gasteiger partial charge in [-0.15, -0.1) is 0 Å². The van der Waals surface area contributed by atoms with Crippen molar-refractivity contribution in [3.05, 3.63) is 88.7 Å². The predicted octanol–water partition coefficient (Wildman–Crippen LogP) is 5.78. The van der Waals surface area contributed by atoms with Crippen LogP contribution in [0.2, 0.25) is 5.02 Å². The first kappa shape index (κ1) is 24.8. The second kappa shape index (κ2) is 9.89. The third-order valence-electron chi connectivity index (χ3n) is 6.33. The van der Waals surface area contributed by atoms with E-state index >= 15 is 0 Å². The lowest BCUT2D eigenvalue weighted by Gasteiger charge is -2.28. The molecular weight excluding hydrogens is 521 g/mol. The van der Waals surface area contributed by atoms with Crippen molar-refractivity contribution in [3.8, 4) is 0 Å².